The smallest absolute Gasteiger partial charge is 0.330 e. The number of hydrogen-bond donors (Lipinski definition) is 1. The summed E-state index contributed by atoms with van der Waals surface area (Å²) in [6.07, 6.45) is -4.57. The molecule has 1 N–H and O–H groups in total. The number of thioether (sulfide) groups is 1. The minimum Gasteiger partial charge on any atom is -0.330 e. The van der Waals surface area contributed by atoms with Gasteiger partial charge in [0.1, 0.15) is 0 Å². The first-order valence-corrected chi connectivity index (χ1v) is 10.6. The monoisotopic (exact) mass is 474 g/mol. The van der Waals surface area contributed by atoms with Crippen LogP contribution in [0.4, 0.5) is 18.9 Å². The second-order valence-electron chi connectivity index (χ2n) is 7.03. The van der Waals surface area contributed by atoms with Crippen LogP contribution in [0, 0.1) is 6.92 Å². The van der Waals surface area contributed by atoms with Gasteiger partial charge < -0.3 is 14.4 Å². The number of anilines is 1. The van der Waals surface area contributed by atoms with E-state index < -0.39 is 17.6 Å². The number of halogens is 3. The first-order valence-electron chi connectivity index (χ1n) is 9.62. The lowest BCUT2D eigenvalue weighted by atomic mass is 10.1. The van der Waals surface area contributed by atoms with Crippen LogP contribution >= 0.6 is 11.8 Å². The van der Waals surface area contributed by atoms with Gasteiger partial charge >= 0.3 is 6.18 Å². The summed E-state index contributed by atoms with van der Waals surface area (Å²) in [5.74, 6) is 0.0594. The van der Waals surface area contributed by atoms with Crippen molar-refractivity contribution in [1.29, 1.82) is 0 Å². The number of benzene rings is 2. The molecule has 0 atom stereocenters. The molecule has 170 valence electrons. The number of aryl methyl sites for hydroxylation is 1. The summed E-state index contributed by atoms with van der Waals surface area (Å²) >= 11 is 1.01. The maximum Gasteiger partial charge on any atom is 0.418 e. The highest BCUT2D eigenvalue weighted by Crippen LogP contribution is 2.34. The van der Waals surface area contributed by atoms with Gasteiger partial charge in [-0.2, -0.15) is 18.2 Å². The van der Waals surface area contributed by atoms with E-state index >= 15 is 0 Å². The minimum atomic E-state index is -4.57. The molecular formula is C21H17F3N6O2S. The van der Waals surface area contributed by atoms with E-state index in [9.17, 15) is 18.0 Å². The van der Waals surface area contributed by atoms with E-state index in [4.69, 9.17) is 4.52 Å². The second-order valence-corrected chi connectivity index (χ2v) is 7.98. The summed E-state index contributed by atoms with van der Waals surface area (Å²) in [5.41, 5.74) is 0.667. The lowest BCUT2D eigenvalue weighted by molar-refractivity contribution is -0.137. The Kier molecular flexibility index (Phi) is 6.18. The molecule has 4 aromatic rings. The molecule has 2 aromatic heterocycles. The van der Waals surface area contributed by atoms with Gasteiger partial charge in [-0.1, -0.05) is 58.9 Å². The molecule has 12 heteroatoms. The lowest BCUT2D eigenvalue weighted by Gasteiger charge is -2.13. The van der Waals surface area contributed by atoms with Gasteiger partial charge in [0, 0.05) is 12.6 Å². The van der Waals surface area contributed by atoms with Crippen molar-refractivity contribution in [2.24, 2.45) is 7.05 Å². The summed E-state index contributed by atoms with van der Waals surface area (Å²) in [5, 5.41) is 14.7. The maximum absolute atomic E-state index is 13.1. The summed E-state index contributed by atoms with van der Waals surface area (Å²) < 4.78 is 46.2. The molecule has 2 aromatic carbocycles. The molecule has 0 fully saturated rings. The van der Waals surface area contributed by atoms with Crippen LogP contribution in [-0.2, 0) is 18.0 Å². The second kappa shape index (κ2) is 9.06. The maximum atomic E-state index is 13.1. The molecule has 0 radical (unpaired) electrons. The van der Waals surface area contributed by atoms with Gasteiger partial charge in [0.15, 0.2) is 5.16 Å². The highest BCUT2D eigenvalue weighted by Gasteiger charge is 2.33. The largest absolute Gasteiger partial charge is 0.418 e. The van der Waals surface area contributed by atoms with Gasteiger partial charge in [0.2, 0.25) is 17.6 Å². The average Bonchev–Trinajstić information content (AvgIpc) is 3.39. The molecule has 0 aliphatic rings. The third kappa shape index (κ3) is 5.06. The average molecular weight is 474 g/mol. The Balaban J connectivity index is 1.43. The molecular weight excluding hydrogens is 457 g/mol. The van der Waals surface area contributed by atoms with Crippen molar-refractivity contribution in [3.05, 3.63) is 59.7 Å². The van der Waals surface area contributed by atoms with Crippen molar-refractivity contribution < 1.29 is 22.5 Å². The zero-order valence-corrected chi connectivity index (χ0v) is 18.2. The zero-order valence-electron chi connectivity index (χ0n) is 17.4. The zero-order chi connectivity index (χ0) is 23.6. The Bertz CT molecular complexity index is 1280. The standard InChI is InChI=1S/C21H17F3N6O2S/c1-12-7-9-13(10-8-12)17-26-19(32-29-17)18-27-28-20(30(18)2)33-11-16(31)25-15-6-4-3-5-14(15)21(22,23)24/h3-10H,11H2,1-2H3,(H,25,31). The van der Waals surface area contributed by atoms with Crippen molar-refractivity contribution in [2.75, 3.05) is 11.1 Å². The number of carbonyl (C=O) groups is 1. The van der Waals surface area contributed by atoms with Crippen LogP contribution in [0.5, 0.6) is 0 Å². The molecule has 0 saturated heterocycles. The summed E-state index contributed by atoms with van der Waals surface area (Å²) in [4.78, 5) is 16.6. The minimum absolute atomic E-state index is 0.149. The molecule has 0 saturated carbocycles. The highest BCUT2D eigenvalue weighted by atomic mass is 32.2. The molecule has 0 aliphatic carbocycles. The Morgan fingerprint density at radius 1 is 1.12 bits per heavy atom. The van der Waals surface area contributed by atoms with Crippen LogP contribution in [0.2, 0.25) is 0 Å². The van der Waals surface area contributed by atoms with Gasteiger partial charge in [-0.15, -0.1) is 10.2 Å². The van der Waals surface area contributed by atoms with Crippen LogP contribution in [0.15, 0.2) is 58.2 Å². The number of para-hydroxylation sites is 1. The number of amides is 1. The van der Waals surface area contributed by atoms with E-state index in [1.807, 2.05) is 31.2 Å². The van der Waals surface area contributed by atoms with Crippen molar-refractivity contribution >= 4 is 23.4 Å². The van der Waals surface area contributed by atoms with Gasteiger partial charge in [-0.25, -0.2) is 0 Å². The summed E-state index contributed by atoms with van der Waals surface area (Å²) in [6, 6.07) is 12.4. The number of nitrogens with one attached hydrogen (secondary N) is 1. The molecule has 0 unspecified atom stereocenters. The molecule has 8 nitrogen and oxygen atoms in total. The van der Waals surface area contributed by atoms with Crippen LogP contribution in [0.1, 0.15) is 11.1 Å². The molecule has 0 bridgehead atoms. The van der Waals surface area contributed by atoms with Crippen LogP contribution in [-0.4, -0.2) is 36.6 Å². The molecule has 0 spiro atoms. The number of hydrogen-bond acceptors (Lipinski definition) is 7. The fourth-order valence-corrected chi connectivity index (χ4v) is 3.63. The van der Waals surface area contributed by atoms with E-state index in [0.717, 1.165) is 29.0 Å². The third-order valence-electron chi connectivity index (χ3n) is 4.60. The van der Waals surface area contributed by atoms with E-state index in [1.165, 1.54) is 18.2 Å². The van der Waals surface area contributed by atoms with Crippen molar-refractivity contribution in [3.8, 4) is 23.1 Å². The Hall–Kier alpha value is -3.67. The van der Waals surface area contributed by atoms with Crippen LogP contribution < -0.4 is 5.32 Å². The predicted octanol–water partition coefficient (Wildman–Crippen LogP) is 4.59. The van der Waals surface area contributed by atoms with Gasteiger partial charge in [0.05, 0.1) is 17.0 Å². The molecule has 4 rings (SSSR count). The number of aromatic nitrogens is 5. The van der Waals surface area contributed by atoms with Crippen molar-refractivity contribution in [1.82, 2.24) is 24.9 Å². The van der Waals surface area contributed by atoms with Crippen molar-refractivity contribution in [2.45, 2.75) is 18.3 Å². The van der Waals surface area contributed by atoms with Gasteiger partial charge in [-0.05, 0) is 19.1 Å². The number of rotatable bonds is 6. The number of carbonyl (C=O) groups excluding carboxylic acids is 1. The van der Waals surface area contributed by atoms with Crippen LogP contribution in [0.3, 0.4) is 0 Å². The first-order chi connectivity index (χ1) is 15.7. The van der Waals surface area contributed by atoms with E-state index in [-0.39, 0.29) is 17.3 Å². The normalized spacial score (nSPS) is 11.5. The SMILES string of the molecule is Cc1ccc(-c2noc(-c3nnc(SCC(=O)Nc4ccccc4C(F)(F)F)n3C)n2)cc1. The molecule has 2 heterocycles. The third-order valence-corrected chi connectivity index (χ3v) is 5.62. The first kappa shape index (κ1) is 22.5. The quantitative estimate of drug-likeness (QED) is 0.408. The van der Waals surface area contributed by atoms with E-state index in [0.29, 0.717) is 16.8 Å². The van der Waals surface area contributed by atoms with E-state index in [1.54, 1.807) is 11.6 Å². The predicted molar refractivity (Wildman–Crippen MR) is 115 cm³/mol. The van der Waals surface area contributed by atoms with Crippen LogP contribution in [0.25, 0.3) is 23.1 Å². The number of nitrogens with zero attached hydrogens (tertiary/aromatic N) is 5. The fraction of sp³-hybridized carbons (Fsp3) is 0.190. The topological polar surface area (TPSA) is 98.7 Å². The molecule has 0 aliphatic heterocycles. The number of alkyl halides is 3. The fourth-order valence-electron chi connectivity index (χ4n) is 2.92. The Morgan fingerprint density at radius 3 is 2.58 bits per heavy atom. The van der Waals surface area contributed by atoms with E-state index in [2.05, 4.69) is 25.7 Å². The van der Waals surface area contributed by atoms with Gasteiger partial charge in [0.25, 0.3) is 5.89 Å². The van der Waals surface area contributed by atoms with Crippen molar-refractivity contribution in [3.63, 3.8) is 0 Å². The Labute approximate surface area is 190 Å². The Morgan fingerprint density at radius 2 is 1.85 bits per heavy atom. The lowest BCUT2D eigenvalue weighted by Crippen LogP contribution is -2.18. The molecule has 33 heavy (non-hydrogen) atoms. The summed E-state index contributed by atoms with van der Waals surface area (Å²) in [6.45, 7) is 1.97. The highest BCUT2D eigenvalue weighted by molar-refractivity contribution is 7.99. The van der Waals surface area contributed by atoms with Gasteiger partial charge in [-0.3, -0.25) is 4.79 Å². The summed E-state index contributed by atoms with van der Waals surface area (Å²) in [7, 11) is 1.66. The molecule has 1 amide bonds.